The van der Waals surface area contributed by atoms with E-state index in [0.717, 1.165) is 0 Å². The molecule has 2 nitrogen and oxygen atoms in total. The Morgan fingerprint density at radius 2 is 1.88 bits per heavy atom. The fourth-order valence-electron chi connectivity index (χ4n) is 2.00. The highest BCUT2D eigenvalue weighted by molar-refractivity contribution is 5.25. The van der Waals surface area contributed by atoms with E-state index in [1.807, 2.05) is 0 Å². The minimum Gasteiger partial charge on any atom is -0.360 e. The Bertz CT molecular complexity index is 356. The van der Waals surface area contributed by atoms with E-state index in [2.05, 4.69) is 5.32 Å². The van der Waals surface area contributed by atoms with Crippen molar-refractivity contribution >= 4 is 0 Å². The van der Waals surface area contributed by atoms with Crippen LogP contribution in [0.15, 0.2) is 30.3 Å². The van der Waals surface area contributed by atoms with Crippen LogP contribution < -0.4 is 5.32 Å². The lowest BCUT2D eigenvalue weighted by Gasteiger charge is -2.34. The molecule has 1 N–H and O–H groups in total. The predicted octanol–water partition coefficient (Wildman–Crippen LogP) is 2.45. The van der Waals surface area contributed by atoms with Crippen LogP contribution in [0.4, 0.5) is 13.2 Å². The van der Waals surface area contributed by atoms with Crippen molar-refractivity contribution in [2.45, 2.75) is 18.2 Å². The summed E-state index contributed by atoms with van der Waals surface area (Å²) in [7, 11) is 0. The van der Waals surface area contributed by atoms with Gasteiger partial charge in [0.15, 0.2) is 0 Å². The third-order valence-electron chi connectivity index (χ3n) is 2.92. The topological polar surface area (TPSA) is 21.3 Å². The average molecular weight is 245 g/mol. The van der Waals surface area contributed by atoms with Crippen LogP contribution in [0.1, 0.15) is 12.0 Å². The molecule has 0 aromatic heterocycles. The second-order valence-corrected chi connectivity index (χ2v) is 4.07. The summed E-state index contributed by atoms with van der Waals surface area (Å²) < 4.78 is 45.0. The van der Waals surface area contributed by atoms with Crippen LogP contribution in [0.5, 0.6) is 0 Å². The van der Waals surface area contributed by atoms with Gasteiger partial charge in [0.05, 0.1) is 0 Å². The van der Waals surface area contributed by atoms with Crippen LogP contribution in [0.3, 0.4) is 0 Å². The normalized spacial score (nSPS) is 26.5. The lowest BCUT2D eigenvalue weighted by atomic mass is 9.92. The molecule has 1 fully saturated rings. The van der Waals surface area contributed by atoms with Crippen LogP contribution in [0.2, 0.25) is 0 Å². The number of nitrogens with one attached hydrogen (secondary N) is 1. The summed E-state index contributed by atoms with van der Waals surface area (Å²) in [6.45, 7) is 0.423. The molecule has 0 spiro atoms. The molecule has 0 bridgehead atoms. The van der Waals surface area contributed by atoms with Crippen molar-refractivity contribution in [3.05, 3.63) is 35.9 Å². The molecular formula is C12H14F3NO. The van der Waals surface area contributed by atoms with Crippen molar-refractivity contribution < 1.29 is 17.9 Å². The molecule has 0 radical (unpaired) electrons. The van der Waals surface area contributed by atoms with Crippen molar-refractivity contribution in [2.75, 3.05) is 19.7 Å². The molecule has 1 aliphatic rings. The van der Waals surface area contributed by atoms with Gasteiger partial charge in [0, 0.05) is 13.2 Å². The van der Waals surface area contributed by atoms with Gasteiger partial charge < -0.3 is 10.1 Å². The molecule has 0 saturated carbocycles. The standard InChI is InChI=1S/C12H14F3NO/c13-12(14,15)11(9-16-7-4-8-17-11)10-5-2-1-3-6-10/h1-3,5-6,16H,4,7-9H2. The monoisotopic (exact) mass is 245 g/mol. The number of benzene rings is 1. The van der Waals surface area contributed by atoms with Crippen molar-refractivity contribution in [2.24, 2.45) is 0 Å². The molecule has 2 rings (SSSR count). The van der Waals surface area contributed by atoms with E-state index in [-0.39, 0.29) is 18.7 Å². The zero-order valence-corrected chi connectivity index (χ0v) is 9.26. The molecule has 1 atom stereocenters. The van der Waals surface area contributed by atoms with Crippen LogP contribution >= 0.6 is 0 Å². The van der Waals surface area contributed by atoms with E-state index < -0.39 is 11.8 Å². The molecule has 5 heteroatoms. The first kappa shape index (κ1) is 12.4. The Balaban J connectivity index is 2.43. The molecule has 17 heavy (non-hydrogen) atoms. The lowest BCUT2D eigenvalue weighted by Crippen LogP contribution is -2.50. The van der Waals surface area contributed by atoms with E-state index in [1.165, 1.54) is 12.1 Å². The van der Waals surface area contributed by atoms with Gasteiger partial charge in [-0.1, -0.05) is 30.3 Å². The van der Waals surface area contributed by atoms with Crippen molar-refractivity contribution in [3.63, 3.8) is 0 Å². The van der Waals surface area contributed by atoms with Crippen LogP contribution in [0, 0.1) is 0 Å². The minimum absolute atomic E-state index is 0.113. The summed E-state index contributed by atoms with van der Waals surface area (Å²) in [5, 5.41) is 2.80. The van der Waals surface area contributed by atoms with E-state index in [1.54, 1.807) is 18.2 Å². The van der Waals surface area contributed by atoms with E-state index in [9.17, 15) is 13.2 Å². The Morgan fingerprint density at radius 1 is 1.18 bits per heavy atom. The van der Waals surface area contributed by atoms with Crippen LogP contribution in [-0.4, -0.2) is 25.9 Å². The van der Waals surface area contributed by atoms with E-state index in [4.69, 9.17) is 4.74 Å². The number of rotatable bonds is 1. The fourth-order valence-corrected chi connectivity index (χ4v) is 2.00. The number of hydrogen-bond donors (Lipinski definition) is 1. The van der Waals surface area contributed by atoms with E-state index in [0.29, 0.717) is 13.0 Å². The first-order valence-electron chi connectivity index (χ1n) is 5.53. The summed E-state index contributed by atoms with van der Waals surface area (Å²) in [5.74, 6) is 0. The molecule has 1 unspecified atom stereocenters. The molecule has 1 heterocycles. The average Bonchev–Trinajstić information content (AvgIpc) is 2.55. The largest absolute Gasteiger partial charge is 0.422 e. The smallest absolute Gasteiger partial charge is 0.360 e. The summed E-state index contributed by atoms with van der Waals surface area (Å²) >= 11 is 0. The number of ether oxygens (including phenoxy) is 1. The highest BCUT2D eigenvalue weighted by Gasteiger charge is 2.57. The first-order valence-corrected chi connectivity index (χ1v) is 5.53. The maximum Gasteiger partial charge on any atom is 0.422 e. The Morgan fingerprint density at radius 3 is 2.53 bits per heavy atom. The molecule has 1 aromatic carbocycles. The maximum atomic E-state index is 13.3. The second-order valence-electron chi connectivity index (χ2n) is 4.07. The molecule has 0 aliphatic carbocycles. The zero-order chi connectivity index (χ0) is 12.4. The van der Waals surface area contributed by atoms with E-state index >= 15 is 0 Å². The third-order valence-corrected chi connectivity index (χ3v) is 2.92. The van der Waals surface area contributed by atoms with Gasteiger partial charge >= 0.3 is 6.18 Å². The van der Waals surface area contributed by atoms with Gasteiger partial charge in [-0.2, -0.15) is 13.2 Å². The maximum absolute atomic E-state index is 13.3. The van der Waals surface area contributed by atoms with Gasteiger partial charge in [0.1, 0.15) is 0 Å². The molecule has 1 saturated heterocycles. The summed E-state index contributed by atoms with van der Waals surface area (Å²) in [4.78, 5) is 0. The fraction of sp³-hybridized carbons (Fsp3) is 0.500. The Hall–Kier alpha value is -1.07. The van der Waals surface area contributed by atoms with Gasteiger partial charge in [-0.05, 0) is 18.5 Å². The molecule has 0 amide bonds. The van der Waals surface area contributed by atoms with Crippen molar-refractivity contribution in [1.29, 1.82) is 0 Å². The Kier molecular flexibility index (Phi) is 3.40. The number of alkyl halides is 3. The minimum atomic E-state index is -4.42. The highest BCUT2D eigenvalue weighted by atomic mass is 19.4. The van der Waals surface area contributed by atoms with Gasteiger partial charge in [-0.15, -0.1) is 0 Å². The highest BCUT2D eigenvalue weighted by Crippen LogP contribution is 2.42. The first-order chi connectivity index (χ1) is 8.06. The van der Waals surface area contributed by atoms with Crippen LogP contribution in [-0.2, 0) is 10.3 Å². The Labute approximate surface area is 97.8 Å². The zero-order valence-electron chi connectivity index (χ0n) is 9.26. The predicted molar refractivity (Wildman–Crippen MR) is 57.6 cm³/mol. The van der Waals surface area contributed by atoms with Gasteiger partial charge in [0.2, 0.25) is 5.60 Å². The number of halogens is 3. The van der Waals surface area contributed by atoms with Gasteiger partial charge in [-0.3, -0.25) is 0 Å². The summed E-state index contributed by atoms with van der Waals surface area (Å²) in [6.07, 6.45) is -3.84. The second kappa shape index (κ2) is 4.66. The number of hydrogen-bond acceptors (Lipinski definition) is 2. The summed E-state index contributed by atoms with van der Waals surface area (Å²) in [5.41, 5.74) is -2.06. The quantitative estimate of drug-likeness (QED) is 0.820. The SMILES string of the molecule is FC(F)(F)C1(c2ccccc2)CNCCCO1. The van der Waals surface area contributed by atoms with Gasteiger partial charge in [0.25, 0.3) is 0 Å². The van der Waals surface area contributed by atoms with Crippen molar-refractivity contribution in [1.82, 2.24) is 5.32 Å². The molecular weight excluding hydrogens is 231 g/mol. The lowest BCUT2D eigenvalue weighted by molar-refractivity contribution is -0.280. The molecule has 1 aliphatic heterocycles. The summed E-state index contributed by atoms with van der Waals surface area (Å²) in [6, 6.07) is 7.80. The molecule has 1 aromatic rings. The third kappa shape index (κ3) is 2.30. The van der Waals surface area contributed by atoms with Gasteiger partial charge in [-0.25, -0.2) is 0 Å². The molecule has 94 valence electrons. The van der Waals surface area contributed by atoms with Crippen molar-refractivity contribution in [3.8, 4) is 0 Å². The van der Waals surface area contributed by atoms with Crippen LogP contribution in [0.25, 0.3) is 0 Å².